The van der Waals surface area contributed by atoms with Gasteiger partial charge in [-0.15, -0.1) is 0 Å². The highest BCUT2D eigenvalue weighted by atomic mass is 19.1. The first-order valence-electron chi connectivity index (χ1n) is 9.32. The van der Waals surface area contributed by atoms with E-state index in [0.29, 0.717) is 45.1 Å². The molecular weight excluding hydrogens is 361 g/mol. The van der Waals surface area contributed by atoms with Gasteiger partial charge in [-0.2, -0.15) is 0 Å². The van der Waals surface area contributed by atoms with Gasteiger partial charge in [-0.25, -0.2) is 14.4 Å². The SMILES string of the molecule is CC(=O)N(CCc1ccc(F)cc1)CC(=O)N1CCN(c2ncccn2)CC1. The molecule has 148 valence electrons. The zero-order valence-corrected chi connectivity index (χ0v) is 15.9. The number of carbonyl (C=O) groups excluding carboxylic acids is 2. The number of halogens is 1. The number of anilines is 1. The summed E-state index contributed by atoms with van der Waals surface area (Å²) < 4.78 is 13.0. The number of amides is 2. The molecule has 1 aliphatic rings. The molecule has 3 rings (SSSR count). The second kappa shape index (κ2) is 9.25. The molecule has 0 radical (unpaired) electrons. The minimum absolute atomic E-state index is 0.0539. The zero-order valence-electron chi connectivity index (χ0n) is 15.9. The fourth-order valence-electron chi connectivity index (χ4n) is 3.14. The van der Waals surface area contributed by atoms with Gasteiger partial charge in [0, 0.05) is 52.0 Å². The number of rotatable bonds is 6. The van der Waals surface area contributed by atoms with Gasteiger partial charge in [0.05, 0.1) is 6.54 Å². The fourth-order valence-corrected chi connectivity index (χ4v) is 3.14. The summed E-state index contributed by atoms with van der Waals surface area (Å²) >= 11 is 0. The second-order valence-corrected chi connectivity index (χ2v) is 6.73. The van der Waals surface area contributed by atoms with E-state index in [9.17, 15) is 14.0 Å². The van der Waals surface area contributed by atoms with Crippen LogP contribution in [0.1, 0.15) is 12.5 Å². The Kier molecular flexibility index (Phi) is 6.52. The lowest BCUT2D eigenvalue weighted by molar-refractivity contribution is -0.139. The first-order valence-corrected chi connectivity index (χ1v) is 9.32. The van der Waals surface area contributed by atoms with Crippen molar-refractivity contribution < 1.29 is 14.0 Å². The maximum atomic E-state index is 13.0. The van der Waals surface area contributed by atoms with E-state index < -0.39 is 0 Å². The molecule has 1 aromatic heterocycles. The molecule has 0 unspecified atom stereocenters. The third-order valence-electron chi connectivity index (χ3n) is 4.82. The molecule has 0 aliphatic carbocycles. The highest BCUT2D eigenvalue weighted by molar-refractivity contribution is 5.84. The number of hydrogen-bond donors (Lipinski definition) is 0. The Morgan fingerprint density at radius 2 is 1.71 bits per heavy atom. The van der Waals surface area contributed by atoms with E-state index in [1.807, 2.05) is 4.90 Å². The van der Waals surface area contributed by atoms with E-state index in [-0.39, 0.29) is 24.2 Å². The molecule has 2 heterocycles. The third-order valence-corrected chi connectivity index (χ3v) is 4.82. The molecule has 1 fully saturated rings. The second-order valence-electron chi connectivity index (χ2n) is 6.73. The van der Waals surface area contributed by atoms with E-state index in [4.69, 9.17) is 0 Å². The van der Waals surface area contributed by atoms with Crippen LogP contribution in [0.4, 0.5) is 10.3 Å². The maximum absolute atomic E-state index is 13.0. The molecule has 0 spiro atoms. The maximum Gasteiger partial charge on any atom is 0.242 e. The van der Waals surface area contributed by atoms with Crippen molar-refractivity contribution in [1.82, 2.24) is 19.8 Å². The van der Waals surface area contributed by atoms with Gasteiger partial charge in [0.15, 0.2) is 0 Å². The Balaban J connectivity index is 1.50. The van der Waals surface area contributed by atoms with E-state index >= 15 is 0 Å². The van der Waals surface area contributed by atoms with Crippen LogP contribution in [0.2, 0.25) is 0 Å². The monoisotopic (exact) mass is 385 g/mol. The molecule has 0 atom stereocenters. The highest BCUT2D eigenvalue weighted by Gasteiger charge is 2.24. The van der Waals surface area contributed by atoms with E-state index in [0.717, 1.165) is 5.56 Å². The largest absolute Gasteiger partial charge is 0.338 e. The Morgan fingerprint density at radius 1 is 1.07 bits per heavy atom. The quantitative estimate of drug-likeness (QED) is 0.751. The molecule has 0 N–H and O–H groups in total. The lowest BCUT2D eigenvalue weighted by Gasteiger charge is -2.35. The Hall–Kier alpha value is -3.03. The van der Waals surface area contributed by atoms with Crippen LogP contribution in [0, 0.1) is 5.82 Å². The van der Waals surface area contributed by atoms with Crippen LogP contribution in [-0.4, -0.2) is 70.9 Å². The van der Waals surface area contributed by atoms with Crippen molar-refractivity contribution in [3.8, 4) is 0 Å². The van der Waals surface area contributed by atoms with Crippen LogP contribution in [0.3, 0.4) is 0 Å². The first kappa shape index (κ1) is 19.7. The normalized spacial score (nSPS) is 14.1. The van der Waals surface area contributed by atoms with Crippen LogP contribution in [0.15, 0.2) is 42.7 Å². The summed E-state index contributed by atoms with van der Waals surface area (Å²) in [6.45, 7) is 4.39. The van der Waals surface area contributed by atoms with Crippen LogP contribution in [0.5, 0.6) is 0 Å². The van der Waals surface area contributed by atoms with Gasteiger partial charge in [-0.05, 0) is 30.2 Å². The minimum atomic E-state index is -0.289. The molecule has 2 amide bonds. The summed E-state index contributed by atoms with van der Waals surface area (Å²) in [7, 11) is 0. The number of nitrogens with zero attached hydrogens (tertiary/aromatic N) is 5. The molecule has 8 heteroatoms. The lowest BCUT2D eigenvalue weighted by atomic mass is 10.1. The van der Waals surface area contributed by atoms with Crippen molar-refractivity contribution >= 4 is 17.8 Å². The van der Waals surface area contributed by atoms with Gasteiger partial charge in [0.25, 0.3) is 0 Å². The predicted octanol–water partition coefficient (Wildman–Crippen LogP) is 1.36. The van der Waals surface area contributed by atoms with Crippen molar-refractivity contribution in [3.05, 3.63) is 54.1 Å². The summed E-state index contributed by atoms with van der Waals surface area (Å²) in [5, 5.41) is 0. The molecule has 7 nitrogen and oxygen atoms in total. The molecule has 1 aromatic carbocycles. The molecule has 1 saturated heterocycles. The summed E-state index contributed by atoms with van der Waals surface area (Å²) in [5.41, 5.74) is 0.927. The van der Waals surface area contributed by atoms with Crippen molar-refractivity contribution in [2.24, 2.45) is 0 Å². The smallest absolute Gasteiger partial charge is 0.242 e. The number of benzene rings is 1. The van der Waals surface area contributed by atoms with Crippen molar-refractivity contribution in [2.45, 2.75) is 13.3 Å². The van der Waals surface area contributed by atoms with Crippen molar-refractivity contribution in [1.29, 1.82) is 0 Å². The standard InChI is InChI=1S/C20H24FN5O2/c1-16(27)26(10-7-17-3-5-18(21)6-4-17)15-19(28)24-11-13-25(14-12-24)20-22-8-2-9-23-20/h2-6,8-9H,7,10-15H2,1H3. The Labute approximate surface area is 163 Å². The van der Waals surface area contributed by atoms with E-state index in [1.165, 1.54) is 19.1 Å². The Morgan fingerprint density at radius 3 is 2.32 bits per heavy atom. The summed E-state index contributed by atoms with van der Waals surface area (Å²) in [4.78, 5) is 38.4. The van der Waals surface area contributed by atoms with Crippen LogP contribution in [0.25, 0.3) is 0 Å². The van der Waals surface area contributed by atoms with Crippen molar-refractivity contribution in [3.63, 3.8) is 0 Å². The highest BCUT2D eigenvalue weighted by Crippen LogP contribution is 2.11. The van der Waals surface area contributed by atoms with Crippen LogP contribution in [-0.2, 0) is 16.0 Å². The zero-order chi connectivity index (χ0) is 19.9. The van der Waals surface area contributed by atoms with Gasteiger partial charge >= 0.3 is 0 Å². The first-order chi connectivity index (χ1) is 13.5. The van der Waals surface area contributed by atoms with Gasteiger partial charge in [0.1, 0.15) is 5.82 Å². The topological polar surface area (TPSA) is 69.6 Å². The van der Waals surface area contributed by atoms with E-state index in [1.54, 1.807) is 40.4 Å². The van der Waals surface area contributed by atoms with Gasteiger partial charge in [0.2, 0.25) is 17.8 Å². The number of hydrogen-bond acceptors (Lipinski definition) is 5. The summed E-state index contributed by atoms with van der Waals surface area (Å²) in [5.74, 6) is 0.163. The molecule has 0 bridgehead atoms. The van der Waals surface area contributed by atoms with Crippen LogP contribution >= 0.6 is 0 Å². The molecule has 2 aromatic rings. The van der Waals surface area contributed by atoms with Crippen molar-refractivity contribution in [2.75, 3.05) is 44.2 Å². The van der Waals surface area contributed by atoms with E-state index in [2.05, 4.69) is 9.97 Å². The third kappa shape index (κ3) is 5.25. The number of piperazine rings is 1. The average Bonchev–Trinajstić information content (AvgIpc) is 2.72. The number of aromatic nitrogens is 2. The van der Waals surface area contributed by atoms with Gasteiger partial charge in [-0.3, -0.25) is 9.59 Å². The predicted molar refractivity (Wildman–Crippen MR) is 103 cm³/mol. The number of carbonyl (C=O) groups is 2. The van der Waals surface area contributed by atoms with Gasteiger partial charge in [-0.1, -0.05) is 12.1 Å². The Bertz CT molecular complexity index is 792. The molecular formula is C20H24FN5O2. The van der Waals surface area contributed by atoms with Gasteiger partial charge < -0.3 is 14.7 Å². The lowest BCUT2D eigenvalue weighted by Crippen LogP contribution is -2.52. The fraction of sp³-hybridized carbons (Fsp3) is 0.400. The molecule has 1 aliphatic heterocycles. The average molecular weight is 385 g/mol. The molecule has 0 saturated carbocycles. The molecule has 28 heavy (non-hydrogen) atoms. The summed E-state index contributed by atoms with van der Waals surface area (Å²) in [6, 6.07) is 7.95. The minimum Gasteiger partial charge on any atom is -0.338 e. The summed E-state index contributed by atoms with van der Waals surface area (Å²) in [6.07, 6.45) is 3.98. The van der Waals surface area contributed by atoms with Crippen LogP contribution < -0.4 is 4.90 Å².